The minimum absolute atomic E-state index is 0.0796. The van der Waals surface area contributed by atoms with E-state index in [1.807, 2.05) is 63.9 Å². The van der Waals surface area contributed by atoms with Crippen LogP contribution in [0.1, 0.15) is 47.6 Å². The highest BCUT2D eigenvalue weighted by Gasteiger charge is 2.32. The lowest BCUT2D eigenvalue weighted by Crippen LogP contribution is -2.30. The number of carbonyl (C=O) groups excluding carboxylic acids is 1. The lowest BCUT2D eigenvalue weighted by molar-refractivity contribution is 0.0737. The molecule has 1 saturated heterocycles. The summed E-state index contributed by atoms with van der Waals surface area (Å²) in [6.07, 6.45) is 14.0. The summed E-state index contributed by atoms with van der Waals surface area (Å²) in [5.74, 6) is 0.717. The molecule has 1 saturated carbocycles. The zero-order valence-corrected chi connectivity index (χ0v) is 19.9. The van der Waals surface area contributed by atoms with Gasteiger partial charge in [-0.1, -0.05) is 42.5 Å². The number of hydrogen-bond acceptors (Lipinski definition) is 3. The molecule has 4 aromatic rings. The Kier molecular flexibility index (Phi) is 5.36. The molecule has 2 fully saturated rings. The van der Waals surface area contributed by atoms with Gasteiger partial charge in [-0.05, 0) is 49.3 Å². The van der Waals surface area contributed by atoms with Crippen LogP contribution in [0, 0.1) is 11.3 Å². The summed E-state index contributed by atoms with van der Waals surface area (Å²) < 4.78 is 3.84. The molecular weight excluding hydrogens is 434 g/mol. The number of benzene rings is 2. The Balaban J connectivity index is 1.37. The maximum Gasteiger partial charge on any atom is 0.256 e. The van der Waals surface area contributed by atoms with Crippen LogP contribution in [-0.4, -0.2) is 31.5 Å². The normalized spacial score (nSPS) is 18.1. The predicted octanol–water partition coefficient (Wildman–Crippen LogP) is 5.38. The fourth-order valence-corrected chi connectivity index (χ4v) is 5.12. The van der Waals surface area contributed by atoms with Crippen molar-refractivity contribution < 1.29 is 4.79 Å². The first-order chi connectivity index (χ1) is 17.1. The molecule has 2 aliphatic rings. The van der Waals surface area contributed by atoms with Crippen molar-refractivity contribution in [3.05, 3.63) is 89.8 Å². The fraction of sp³-hybridized carbons (Fsp3) is 0.276. The van der Waals surface area contributed by atoms with Crippen molar-refractivity contribution in [3.8, 4) is 11.3 Å². The first-order valence-corrected chi connectivity index (χ1v) is 12.3. The highest BCUT2D eigenvalue weighted by Crippen LogP contribution is 2.35. The van der Waals surface area contributed by atoms with Crippen LogP contribution in [0.5, 0.6) is 0 Å². The van der Waals surface area contributed by atoms with Gasteiger partial charge in [0.1, 0.15) is 5.49 Å². The van der Waals surface area contributed by atoms with E-state index in [9.17, 15) is 4.79 Å². The number of allylic oxidation sites excluding steroid dienone is 1. The number of amides is 1. The molecule has 1 atom stereocenters. The van der Waals surface area contributed by atoms with Gasteiger partial charge in [-0.2, -0.15) is 0 Å². The van der Waals surface area contributed by atoms with Crippen molar-refractivity contribution in [2.24, 2.45) is 13.0 Å². The van der Waals surface area contributed by atoms with Gasteiger partial charge < -0.3 is 14.0 Å². The quantitative estimate of drug-likeness (QED) is 0.432. The van der Waals surface area contributed by atoms with E-state index >= 15 is 0 Å². The van der Waals surface area contributed by atoms with E-state index in [1.54, 1.807) is 6.20 Å². The number of nitrogens with one attached hydrogen (secondary N) is 1. The molecule has 3 heterocycles. The Labute approximate surface area is 204 Å². The molecule has 1 amide bonds. The molecule has 6 rings (SSSR count). The van der Waals surface area contributed by atoms with Gasteiger partial charge in [0.15, 0.2) is 0 Å². The average molecular weight is 464 g/mol. The minimum atomic E-state index is 0.0796. The third kappa shape index (κ3) is 4.09. The van der Waals surface area contributed by atoms with Gasteiger partial charge in [-0.3, -0.25) is 15.2 Å². The van der Waals surface area contributed by atoms with E-state index in [0.29, 0.717) is 11.4 Å². The molecule has 1 unspecified atom stereocenters. The van der Waals surface area contributed by atoms with Crippen LogP contribution >= 0.6 is 0 Å². The van der Waals surface area contributed by atoms with E-state index < -0.39 is 0 Å². The average Bonchev–Trinajstić information content (AvgIpc) is 3.48. The molecule has 35 heavy (non-hydrogen) atoms. The summed E-state index contributed by atoms with van der Waals surface area (Å²) in [4.78, 5) is 20.4. The topological polar surface area (TPSA) is 66.9 Å². The number of fused-ring (bicyclic) bond motifs is 1. The molecule has 6 nitrogen and oxygen atoms in total. The van der Waals surface area contributed by atoms with Crippen molar-refractivity contribution in [2.75, 3.05) is 6.54 Å². The summed E-state index contributed by atoms with van der Waals surface area (Å²) in [6, 6.07) is 16.6. The summed E-state index contributed by atoms with van der Waals surface area (Å²) in [5.41, 5.74) is 5.02. The van der Waals surface area contributed by atoms with E-state index in [0.717, 1.165) is 47.1 Å². The van der Waals surface area contributed by atoms with Crippen LogP contribution in [0.3, 0.4) is 0 Å². The second-order valence-corrected chi connectivity index (χ2v) is 9.70. The maximum atomic E-state index is 13.8. The van der Waals surface area contributed by atoms with Crippen LogP contribution in [0.4, 0.5) is 0 Å². The molecule has 0 bridgehead atoms. The van der Waals surface area contributed by atoms with Gasteiger partial charge in [-0.15, -0.1) is 0 Å². The summed E-state index contributed by atoms with van der Waals surface area (Å²) in [5, 5.41) is 9.14. The lowest BCUT2D eigenvalue weighted by Gasteiger charge is -2.25. The minimum Gasteiger partial charge on any atom is -0.350 e. The Morgan fingerprint density at radius 3 is 2.71 bits per heavy atom. The Morgan fingerprint density at radius 2 is 1.91 bits per heavy atom. The molecule has 2 aromatic carbocycles. The molecule has 0 spiro atoms. The number of aromatic nitrogens is 3. The van der Waals surface area contributed by atoms with Gasteiger partial charge in [0.05, 0.1) is 23.5 Å². The van der Waals surface area contributed by atoms with Crippen LogP contribution < -0.4 is 5.49 Å². The van der Waals surface area contributed by atoms with Crippen molar-refractivity contribution in [1.82, 2.24) is 19.0 Å². The van der Waals surface area contributed by atoms with Gasteiger partial charge in [-0.25, -0.2) is 0 Å². The summed E-state index contributed by atoms with van der Waals surface area (Å²) >= 11 is 0. The lowest BCUT2D eigenvalue weighted by atomic mass is 10.0. The van der Waals surface area contributed by atoms with Crippen molar-refractivity contribution in [1.29, 1.82) is 5.41 Å². The fourth-order valence-electron chi connectivity index (χ4n) is 5.12. The van der Waals surface area contributed by atoms with Crippen LogP contribution in [-0.2, 0) is 7.05 Å². The molecular formula is C29H29N5O. The number of nitrogens with zero attached hydrogens (tertiary/aromatic N) is 4. The number of aryl methyl sites for hydroxylation is 1. The molecule has 6 heteroatoms. The monoisotopic (exact) mass is 463 g/mol. The molecule has 0 radical (unpaired) electrons. The number of likely N-dealkylation sites (tertiary alicyclic amines) is 1. The van der Waals surface area contributed by atoms with Crippen LogP contribution in [0.15, 0.2) is 73.2 Å². The molecule has 176 valence electrons. The van der Waals surface area contributed by atoms with Crippen molar-refractivity contribution >= 4 is 23.0 Å². The Hall–Kier alpha value is -3.93. The first kappa shape index (κ1) is 21.6. The van der Waals surface area contributed by atoms with Gasteiger partial charge >= 0.3 is 0 Å². The van der Waals surface area contributed by atoms with Gasteiger partial charge in [0.2, 0.25) is 0 Å². The third-order valence-electron chi connectivity index (χ3n) is 7.22. The first-order valence-electron chi connectivity index (χ1n) is 12.3. The number of hydrogen-bond donors (Lipinski definition) is 1. The zero-order valence-electron chi connectivity index (χ0n) is 19.9. The number of rotatable bonds is 5. The highest BCUT2D eigenvalue weighted by molar-refractivity contribution is 6.08. The second-order valence-electron chi connectivity index (χ2n) is 9.70. The summed E-state index contributed by atoms with van der Waals surface area (Å²) in [7, 11) is 1.99. The summed E-state index contributed by atoms with van der Waals surface area (Å²) in [6.45, 7) is 0.772. The largest absolute Gasteiger partial charge is 0.350 e. The standard InChI is InChI=1S/C29H29N5O/c1-32-18-24(29(35)34-14-5-8-26(34)21-6-3-2-4-7-21)23-16-22(11-12-27(23)32)25-19-33(28(30)17-31-25)15-13-20-9-10-20/h2-4,6-7,11-13,15-20,26,30H,5,8-10,14H2,1H3/b15-13+,30-28?. The SMILES string of the molecule is Cn1cc(C(=O)N2CCCC2c2ccccc2)c2cc(-c3cn(/C=C/C4CC4)c(=N)cn3)ccc21. The van der Waals surface area contributed by atoms with E-state index in [2.05, 4.69) is 35.3 Å². The van der Waals surface area contributed by atoms with E-state index in [4.69, 9.17) is 5.41 Å². The highest BCUT2D eigenvalue weighted by atomic mass is 16.2. The smallest absolute Gasteiger partial charge is 0.256 e. The maximum absolute atomic E-state index is 13.8. The third-order valence-corrected chi connectivity index (χ3v) is 7.22. The predicted molar refractivity (Wildman–Crippen MR) is 138 cm³/mol. The van der Waals surface area contributed by atoms with E-state index in [1.165, 1.54) is 18.4 Å². The molecule has 1 aliphatic heterocycles. The molecule has 2 aromatic heterocycles. The van der Waals surface area contributed by atoms with Crippen LogP contribution in [0.25, 0.3) is 28.4 Å². The molecule has 1 N–H and O–H groups in total. The van der Waals surface area contributed by atoms with Crippen LogP contribution in [0.2, 0.25) is 0 Å². The van der Waals surface area contributed by atoms with Crippen molar-refractivity contribution in [2.45, 2.75) is 31.7 Å². The Bertz CT molecular complexity index is 1490. The van der Waals surface area contributed by atoms with Gasteiger partial charge in [0.25, 0.3) is 5.91 Å². The van der Waals surface area contributed by atoms with Gasteiger partial charge in [0, 0.05) is 48.7 Å². The number of carbonyl (C=O) groups is 1. The molecule has 1 aliphatic carbocycles. The van der Waals surface area contributed by atoms with E-state index in [-0.39, 0.29) is 11.9 Å². The second kappa shape index (κ2) is 8.69. The van der Waals surface area contributed by atoms with Crippen molar-refractivity contribution in [3.63, 3.8) is 0 Å². The Morgan fingerprint density at radius 1 is 1.09 bits per heavy atom. The zero-order chi connectivity index (χ0) is 23.9.